The molecule has 0 amide bonds. The summed E-state index contributed by atoms with van der Waals surface area (Å²) in [5, 5.41) is 4.88. The van der Waals surface area contributed by atoms with Gasteiger partial charge in [-0.2, -0.15) is 0 Å². The average molecular weight is 287 g/mol. The molecule has 1 aromatic heterocycles. The molecule has 1 heterocycles. The van der Waals surface area contributed by atoms with E-state index >= 15 is 0 Å². The van der Waals surface area contributed by atoms with Gasteiger partial charge in [-0.25, -0.2) is 0 Å². The normalized spacial score (nSPS) is 12.6. The molecule has 0 aliphatic rings. The molecular formula is C19H29NO. The molecule has 2 rings (SSSR count). The van der Waals surface area contributed by atoms with E-state index in [0.717, 1.165) is 24.3 Å². The minimum absolute atomic E-state index is 0.0971. The van der Waals surface area contributed by atoms with Gasteiger partial charge in [0.2, 0.25) is 0 Å². The predicted octanol–water partition coefficient (Wildman–Crippen LogP) is 5.32. The quantitative estimate of drug-likeness (QED) is 0.823. The number of benzene rings is 1. The topological polar surface area (TPSA) is 25.2 Å². The summed E-state index contributed by atoms with van der Waals surface area (Å²) in [7, 11) is 0. The lowest BCUT2D eigenvalue weighted by Gasteiger charge is -2.19. The lowest BCUT2D eigenvalue weighted by molar-refractivity contribution is 0.393. The molecule has 1 aromatic carbocycles. The molecule has 0 aliphatic heterocycles. The standard InChI is InChI=1S/C19H29NO/c1-8-14-16(11-20-19(5,6)7)21-18-15(12(2)3)10-9-13(4)17(14)18/h9-10,12,20H,8,11H2,1-7H3. The van der Waals surface area contributed by atoms with Crippen LogP contribution in [-0.4, -0.2) is 5.54 Å². The van der Waals surface area contributed by atoms with Gasteiger partial charge in [0.15, 0.2) is 0 Å². The summed E-state index contributed by atoms with van der Waals surface area (Å²) >= 11 is 0. The van der Waals surface area contributed by atoms with Crippen LogP contribution < -0.4 is 5.32 Å². The van der Waals surface area contributed by atoms with Crippen molar-refractivity contribution in [3.05, 3.63) is 34.6 Å². The van der Waals surface area contributed by atoms with Gasteiger partial charge in [0.25, 0.3) is 0 Å². The van der Waals surface area contributed by atoms with Crippen molar-refractivity contribution in [3.63, 3.8) is 0 Å². The number of nitrogens with one attached hydrogen (secondary N) is 1. The lowest BCUT2D eigenvalue weighted by Crippen LogP contribution is -2.35. The number of hydrogen-bond acceptors (Lipinski definition) is 2. The van der Waals surface area contributed by atoms with Crippen molar-refractivity contribution in [1.29, 1.82) is 0 Å². The smallest absolute Gasteiger partial charge is 0.138 e. The Labute approximate surface area is 128 Å². The van der Waals surface area contributed by atoms with Crippen molar-refractivity contribution in [2.45, 2.75) is 72.9 Å². The highest BCUT2D eigenvalue weighted by Crippen LogP contribution is 2.35. The van der Waals surface area contributed by atoms with Gasteiger partial charge < -0.3 is 9.73 Å². The SMILES string of the molecule is CCc1c(CNC(C)(C)C)oc2c(C(C)C)ccc(C)c12. The first-order valence-corrected chi connectivity index (χ1v) is 8.03. The molecule has 0 spiro atoms. The van der Waals surface area contributed by atoms with E-state index in [0.29, 0.717) is 5.92 Å². The summed E-state index contributed by atoms with van der Waals surface area (Å²) in [4.78, 5) is 0. The molecule has 2 nitrogen and oxygen atoms in total. The lowest BCUT2D eigenvalue weighted by atomic mass is 9.96. The minimum atomic E-state index is 0.0971. The highest BCUT2D eigenvalue weighted by Gasteiger charge is 2.20. The zero-order chi connectivity index (χ0) is 15.8. The van der Waals surface area contributed by atoms with Crippen molar-refractivity contribution < 1.29 is 4.42 Å². The number of furan rings is 1. The number of hydrogen-bond donors (Lipinski definition) is 1. The van der Waals surface area contributed by atoms with E-state index in [4.69, 9.17) is 4.42 Å². The maximum absolute atomic E-state index is 6.30. The molecule has 116 valence electrons. The van der Waals surface area contributed by atoms with Crippen LogP contribution in [0.1, 0.15) is 69.9 Å². The Kier molecular flexibility index (Phi) is 4.48. The Balaban J connectivity index is 2.57. The average Bonchev–Trinajstić information content (AvgIpc) is 2.74. The molecule has 0 aliphatic carbocycles. The predicted molar refractivity (Wildman–Crippen MR) is 91.0 cm³/mol. The summed E-state index contributed by atoms with van der Waals surface area (Å²) in [6, 6.07) is 4.44. The monoisotopic (exact) mass is 287 g/mol. The van der Waals surface area contributed by atoms with E-state index in [9.17, 15) is 0 Å². The first kappa shape index (κ1) is 16.1. The van der Waals surface area contributed by atoms with E-state index in [-0.39, 0.29) is 5.54 Å². The van der Waals surface area contributed by atoms with E-state index in [1.807, 2.05) is 0 Å². The van der Waals surface area contributed by atoms with Crippen molar-refractivity contribution >= 4 is 11.0 Å². The largest absolute Gasteiger partial charge is 0.459 e. The van der Waals surface area contributed by atoms with Gasteiger partial charge in [0.05, 0.1) is 6.54 Å². The van der Waals surface area contributed by atoms with E-state index in [1.165, 1.54) is 22.1 Å². The molecule has 0 atom stereocenters. The summed E-state index contributed by atoms with van der Waals surface area (Å²) in [5.41, 5.74) is 5.18. The van der Waals surface area contributed by atoms with Gasteiger partial charge >= 0.3 is 0 Å². The molecule has 0 radical (unpaired) electrons. The number of aryl methyl sites for hydroxylation is 2. The Morgan fingerprint density at radius 1 is 1.19 bits per heavy atom. The maximum atomic E-state index is 6.30. The summed E-state index contributed by atoms with van der Waals surface area (Å²) in [6.45, 7) is 16.2. The van der Waals surface area contributed by atoms with Gasteiger partial charge in [-0.15, -0.1) is 0 Å². The number of fused-ring (bicyclic) bond motifs is 1. The number of rotatable bonds is 4. The van der Waals surface area contributed by atoms with Crippen LogP contribution in [0.15, 0.2) is 16.5 Å². The molecular weight excluding hydrogens is 258 g/mol. The van der Waals surface area contributed by atoms with E-state index in [2.05, 4.69) is 65.9 Å². The fourth-order valence-electron chi connectivity index (χ4n) is 2.82. The van der Waals surface area contributed by atoms with Crippen LogP contribution in [0.25, 0.3) is 11.0 Å². The first-order valence-electron chi connectivity index (χ1n) is 8.03. The van der Waals surface area contributed by atoms with Gasteiger partial charge in [-0.1, -0.05) is 32.9 Å². The second-order valence-corrected chi connectivity index (χ2v) is 7.29. The fraction of sp³-hybridized carbons (Fsp3) is 0.579. The van der Waals surface area contributed by atoms with Crippen molar-refractivity contribution in [3.8, 4) is 0 Å². The van der Waals surface area contributed by atoms with E-state index < -0.39 is 0 Å². The van der Waals surface area contributed by atoms with Crippen LogP contribution in [0.3, 0.4) is 0 Å². The zero-order valence-corrected chi connectivity index (χ0v) is 14.6. The molecule has 2 aromatic rings. The maximum Gasteiger partial charge on any atom is 0.138 e. The Bertz CT molecular complexity index is 629. The molecule has 2 heteroatoms. The third kappa shape index (κ3) is 3.32. The molecule has 0 fully saturated rings. The van der Waals surface area contributed by atoms with Crippen molar-refractivity contribution in [1.82, 2.24) is 5.32 Å². The van der Waals surface area contributed by atoms with Crippen LogP contribution >= 0.6 is 0 Å². The first-order chi connectivity index (χ1) is 9.74. The fourth-order valence-corrected chi connectivity index (χ4v) is 2.82. The molecule has 0 unspecified atom stereocenters. The minimum Gasteiger partial charge on any atom is -0.459 e. The van der Waals surface area contributed by atoms with Gasteiger partial charge in [0, 0.05) is 16.5 Å². The molecule has 0 saturated carbocycles. The Morgan fingerprint density at radius 3 is 2.38 bits per heavy atom. The van der Waals surface area contributed by atoms with Crippen LogP contribution in [0.4, 0.5) is 0 Å². The summed E-state index contributed by atoms with van der Waals surface area (Å²) < 4.78 is 6.30. The summed E-state index contributed by atoms with van der Waals surface area (Å²) in [5.74, 6) is 1.58. The summed E-state index contributed by atoms with van der Waals surface area (Å²) in [6.07, 6.45) is 1.01. The third-order valence-electron chi connectivity index (χ3n) is 4.01. The van der Waals surface area contributed by atoms with Crippen molar-refractivity contribution in [2.75, 3.05) is 0 Å². The highest BCUT2D eigenvalue weighted by atomic mass is 16.3. The third-order valence-corrected chi connectivity index (χ3v) is 4.01. The second kappa shape index (κ2) is 5.84. The zero-order valence-electron chi connectivity index (χ0n) is 14.6. The molecule has 0 bridgehead atoms. The second-order valence-electron chi connectivity index (χ2n) is 7.29. The van der Waals surface area contributed by atoms with Crippen LogP contribution in [0.2, 0.25) is 0 Å². The van der Waals surface area contributed by atoms with Crippen LogP contribution in [0, 0.1) is 6.92 Å². The Hall–Kier alpha value is -1.28. The van der Waals surface area contributed by atoms with Gasteiger partial charge in [0.1, 0.15) is 11.3 Å². The Morgan fingerprint density at radius 2 is 1.86 bits per heavy atom. The van der Waals surface area contributed by atoms with Crippen molar-refractivity contribution in [2.24, 2.45) is 0 Å². The molecule has 0 saturated heterocycles. The van der Waals surface area contributed by atoms with Gasteiger partial charge in [-0.05, 0) is 51.2 Å². The van der Waals surface area contributed by atoms with Crippen LogP contribution in [0.5, 0.6) is 0 Å². The highest BCUT2D eigenvalue weighted by molar-refractivity contribution is 5.88. The molecule has 21 heavy (non-hydrogen) atoms. The van der Waals surface area contributed by atoms with Crippen LogP contribution in [-0.2, 0) is 13.0 Å². The van der Waals surface area contributed by atoms with Gasteiger partial charge in [-0.3, -0.25) is 0 Å². The molecule has 1 N–H and O–H groups in total. The van der Waals surface area contributed by atoms with E-state index in [1.54, 1.807) is 0 Å².